The highest BCUT2D eigenvalue weighted by atomic mass is 32.2. The first kappa shape index (κ1) is 13.3. The Kier molecular flexibility index (Phi) is 5.02. The number of aliphatic hydroxyl groups is 1. The molecule has 0 bridgehead atoms. The largest absolute Gasteiger partial charge is 0.396 e. The predicted molar refractivity (Wildman–Crippen MR) is 67.8 cm³/mol. The van der Waals surface area contributed by atoms with Crippen LogP contribution in [0.25, 0.3) is 0 Å². The van der Waals surface area contributed by atoms with Crippen LogP contribution in [0.5, 0.6) is 0 Å². The van der Waals surface area contributed by atoms with Gasteiger partial charge in [0.1, 0.15) is 17.2 Å². The highest BCUT2D eigenvalue weighted by Crippen LogP contribution is 2.21. The fraction of sp³-hybridized carbons (Fsp3) is 0.636. The first-order valence-corrected chi connectivity index (χ1v) is 6.50. The molecule has 0 aliphatic heterocycles. The van der Waals surface area contributed by atoms with E-state index in [9.17, 15) is 0 Å². The molecule has 0 saturated carbocycles. The van der Waals surface area contributed by atoms with E-state index in [2.05, 4.69) is 29.1 Å². The monoisotopic (exact) mass is 241 g/mol. The quantitative estimate of drug-likeness (QED) is 0.589. The summed E-state index contributed by atoms with van der Waals surface area (Å²) in [5, 5.41) is 13.1. The van der Waals surface area contributed by atoms with Crippen LogP contribution >= 0.6 is 11.8 Å². The van der Waals surface area contributed by atoms with Crippen LogP contribution in [0.15, 0.2) is 17.4 Å². The van der Waals surface area contributed by atoms with E-state index in [1.165, 1.54) is 0 Å². The fourth-order valence-electron chi connectivity index (χ4n) is 1.27. The predicted octanol–water partition coefficient (Wildman–Crippen LogP) is 2.02. The molecule has 1 rings (SSSR count). The van der Waals surface area contributed by atoms with Crippen molar-refractivity contribution in [3.05, 3.63) is 12.4 Å². The van der Waals surface area contributed by atoms with Crippen LogP contribution in [0.1, 0.15) is 20.3 Å². The smallest absolute Gasteiger partial charge is 0.130 e. The maximum absolute atomic E-state index is 8.92. The summed E-state index contributed by atoms with van der Waals surface area (Å²) in [6.07, 6.45) is 4.33. The van der Waals surface area contributed by atoms with E-state index in [0.717, 1.165) is 23.8 Å². The third-order valence-electron chi connectivity index (χ3n) is 2.39. The molecule has 0 aliphatic rings. The van der Waals surface area contributed by atoms with Gasteiger partial charge in [0.2, 0.25) is 0 Å². The summed E-state index contributed by atoms with van der Waals surface area (Å²) >= 11 is 1.60. The zero-order chi connectivity index (χ0) is 12.0. The summed E-state index contributed by atoms with van der Waals surface area (Å²) in [6.45, 7) is 5.24. The highest BCUT2D eigenvalue weighted by molar-refractivity contribution is 7.98. The maximum Gasteiger partial charge on any atom is 0.130 e. The van der Waals surface area contributed by atoms with E-state index in [0.29, 0.717) is 0 Å². The molecule has 5 heteroatoms. The number of nitrogens with one attached hydrogen (secondary N) is 1. The van der Waals surface area contributed by atoms with Gasteiger partial charge in [-0.2, -0.15) is 0 Å². The lowest BCUT2D eigenvalue weighted by molar-refractivity contribution is 0.220. The van der Waals surface area contributed by atoms with E-state index in [1.54, 1.807) is 18.1 Å². The third-order valence-corrected chi connectivity index (χ3v) is 3.03. The number of thioether (sulfide) groups is 1. The summed E-state index contributed by atoms with van der Waals surface area (Å²) < 4.78 is 0. The SMILES string of the molecule is CSc1cc(NCC(C)(C)CCO)ncn1. The second-order valence-electron chi connectivity index (χ2n) is 4.44. The Labute approximate surface area is 101 Å². The Morgan fingerprint density at radius 3 is 2.81 bits per heavy atom. The fourth-order valence-corrected chi connectivity index (χ4v) is 1.65. The van der Waals surface area contributed by atoms with Crippen molar-refractivity contribution in [2.75, 3.05) is 24.7 Å². The molecule has 0 aliphatic carbocycles. The van der Waals surface area contributed by atoms with E-state index in [4.69, 9.17) is 5.11 Å². The summed E-state index contributed by atoms with van der Waals surface area (Å²) in [5.74, 6) is 0.838. The van der Waals surface area contributed by atoms with Gasteiger partial charge in [0.05, 0.1) is 0 Å². The van der Waals surface area contributed by atoms with Gasteiger partial charge in [0.15, 0.2) is 0 Å². The molecule has 0 atom stereocenters. The van der Waals surface area contributed by atoms with Gasteiger partial charge in [0.25, 0.3) is 0 Å². The van der Waals surface area contributed by atoms with E-state index >= 15 is 0 Å². The summed E-state index contributed by atoms with van der Waals surface area (Å²) in [5.41, 5.74) is 0.0687. The molecular weight excluding hydrogens is 222 g/mol. The van der Waals surface area contributed by atoms with Crippen molar-refractivity contribution in [1.82, 2.24) is 9.97 Å². The van der Waals surface area contributed by atoms with E-state index < -0.39 is 0 Å². The van der Waals surface area contributed by atoms with Gasteiger partial charge in [-0.05, 0) is 18.1 Å². The first-order valence-electron chi connectivity index (χ1n) is 5.28. The molecule has 2 N–H and O–H groups in total. The van der Waals surface area contributed by atoms with Gasteiger partial charge in [-0.15, -0.1) is 11.8 Å². The normalized spacial score (nSPS) is 11.5. The minimum atomic E-state index is 0.0687. The molecule has 90 valence electrons. The van der Waals surface area contributed by atoms with Crippen LogP contribution in [0.4, 0.5) is 5.82 Å². The first-order chi connectivity index (χ1) is 7.57. The number of aromatic nitrogens is 2. The Hall–Kier alpha value is -0.810. The minimum absolute atomic E-state index is 0.0687. The number of hydrogen-bond acceptors (Lipinski definition) is 5. The second-order valence-corrected chi connectivity index (χ2v) is 5.26. The topological polar surface area (TPSA) is 58.0 Å². The van der Waals surface area contributed by atoms with Crippen molar-refractivity contribution in [2.24, 2.45) is 5.41 Å². The lowest BCUT2D eigenvalue weighted by Crippen LogP contribution is -2.24. The number of aliphatic hydroxyl groups excluding tert-OH is 1. The zero-order valence-electron chi connectivity index (χ0n) is 10.0. The molecule has 0 radical (unpaired) electrons. The average molecular weight is 241 g/mol. The molecule has 0 amide bonds. The molecule has 0 spiro atoms. The highest BCUT2D eigenvalue weighted by Gasteiger charge is 2.16. The maximum atomic E-state index is 8.92. The van der Waals surface area contributed by atoms with E-state index in [-0.39, 0.29) is 12.0 Å². The lowest BCUT2D eigenvalue weighted by atomic mass is 9.90. The standard InChI is InChI=1S/C11H19N3OS/c1-11(2,4-5-15)7-12-9-6-10(16-3)14-8-13-9/h6,8,15H,4-5,7H2,1-3H3,(H,12,13,14). The van der Waals surface area contributed by atoms with Crippen molar-refractivity contribution in [3.8, 4) is 0 Å². The molecule has 4 nitrogen and oxygen atoms in total. The Morgan fingerprint density at radius 1 is 1.44 bits per heavy atom. The lowest BCUT2D eigenvalue weighted by Gasteiger charge is -2.24. The summed E-state index contributed by atoms with van der Waals surface area (Å²) in [7, 11) is 0. The van der Waals surface area contributed by atoms with Gasteiger partial charge in [-0.1, -0.05) is 13.8 Å². The zero-order valence-corrected chi connectivity index (χ0v) is 10.8. The molecule has 1 aromatic heterocycles. The van der Waals surface area contributed by atoms with Gasteiger partial charge < -0.3 is 10.4 Å². The molecule has 0 aromatic carbocycles. The van der Waals surface area contributed by atoms with Crippen molar-refractivity contribution in [1.29, 1.82) is 0 Å². The van der Waals surface area contributed by atoms with Crippen molar-refractivity contribution >= 4 is 17.6 Å². The molecule has 0 saturated heterocycles. The summed E-state index contributed by atoms with van der Waals surface area (Å²) in [4.78, 5) is 8.26. The Balaban J connectivity index is 2.53. The van der Waals surface area contributed by atoms with Crippen LogP contribution < -0.4 is 5.32 Å². The van der Waals surface area contributed by atoms with Crippen LogP contribution in [0, 0.1) is 5.41 Å². The second kappa shape index (κ2) is 6.06. The van der Waals surface area contributed by atoms with Crippen LogP contribution in [0.3, 0.4) is 0 Å². The Morgan fingerprint density at radius 2 is 2.19 bits per heavy atom. The minimum Gasteiger partial charge on any atom is -0.396 e. The average Bonchev–Trinajstić information content (AvgIpc) is 2.27. The van der Waals surface area contributed by atoms with Crippen LogP contribution in [0.2, 0.25) is 0 Å². The van der Waals surface area contributed by atoms with Gasteiger partial charge in [-0.3, -0.25) is 0 Å². The molecule has 0 unspecified atom stereocenters. The molecule has 0 fully saturated rings. The Bertz CT molecular complexity index is 331. The van der Waals surface area contributed by atoms with Gasteiger partial charge in [0, 0.05) is 19.2 Å². The van der Waals surface area contributed by atoms with Crippen molar-refractivity contribution in [2.45, 2.75) is 25.3 Å². The molecule has 16 heavy (non-hydrogen) atoms. The van der Waals surface area contributed by atoms with Crippen molar-refractivity contribution < 1.29 is 5.11 Å². The number of hydrogen-bond donors (Lipinski definition) is 2. The number of rotatable bonds is 6. The summed E-state index contributed by atoms with van der Waals surface area (Å²) in [6, 6.07) is 1.93. The molecule has 1 heterocycles. The number of nitrogens with zero attached hydrogens (tertiary/aromatic N) is 2. The van der Waals surface area contributed by atoms with Gasteiger partial charge >= 0.3 is 0 Å². The van der Waals surface area contributed by atoms with Crippen molar-refractivity contribution in [3.63, 3.8) is 0 Å². The molecular formula is C11H19N3OS. The van der Waals surface area contributed by atoms with Crippen LogP contribution in [-0.2, 0) is 0 Å². The van der Waals surface area contributed by atoms with Crippen LogP contribution in [-0.4, -0.2) is 34.5 Å². The van der Waals surface area contributed by atoms with Gasteiger partial charge in [-0.25, -0.2) is 9.97 Å². The number of anilines is 1. The molecule has 1 aromatic rings. The third kappa shape index (κ3) is 4.37. The van der Waals surface area contributed by atoms with E-state index in [1.807, 2.05) is 12.3 Å².